The number of hydrogen-bond donors (Lipinski definition) is 1. The van der Waals surface area contributed by atoms with Gasteiger partial charge in [-0.25, -0.2) is 0 Å². The van der Waals surface area contributed by atoms with E-state index in [-0.39, 0.29) is 13.0 Å². The third-order valence-corrected chi connectivity index (χ3v) is 1.50. The lowest BCUT2D eigenvalue weighted by Gasteiger charge is -2.07. The number of amides is 1. The van der Waals surface area contributed by atoms with Crippen molar-refractivity contribution in [3.63, 3.8) is 0 Å². The Hall–Kier alpha value is -0.450. The van der Waals surface area contributed by atoms with Gasteiger partial charge in [0.1, 0.15) is 5.38 Å². The van der Waals surface area contributed by atoms with Crippen molar-refractivity contribution >= 4 is 17.5 Å². The molecular formula is C7H11ClF3NO. The normalized spacial score (nSPS) is 13.9. The van der Waals surface area contributed by atoms with Crippen LogP contribution in [-0.2, 0) is 4.79 Å². The van der Waals surface area contributed by atoms with Gasteiger partial charge in [-0.15, -0.1) is 11.6 Å². The Morgan fingerprint density at radius 3 is 2.46 bits per heavy atom. The predicted molar refractivity (Wildman–Crippen MR) is 43.6 cm³/mol. The molecule has 1 atom stereocenters. The van der Waals surface area contributed by atoms with Crippen LogP contribution >= 0.6 is 11.6 Å². The van der Waals surface area contributed by atoms with E-state index >= 15 is 0 Å². The van der Waals surface area contributed by atoms with E-state index in [2.05, 4.69) is 5.32 Å². The van der Waals surface area contributed by atoms with Crippen LogP contribution in [0.2, 0.25) is 0 Å². The molecule has 0 aliphatic heterocycles. The fraction of sp³-hybridized carbons (Fsp3) is 0.857. The molecule has 0 saturated carbocycles. The fourth-order valence-corrected chi connectivity index (χ4v) is 0.718. The van der Waals surface area contributed by atoms with Gasteiger partial charge >= 0.3 is 6.18 Å². The summed E-state index contributed by atoms with van der Waals surface area (Å²) in [5.41, 5.74) is 0. The van der Waals surface area contributed by atoms with Crippen molar-refractivity contribution in [2.75, 3.05) is 6.54 Å². The minimum absolute atomic E-state index is 0.00933. The van der Waals surface area contributed by atoms with E-state index < -0.39 is 23.9 Å². The number of rotatable bonds is 4. The highest BCUT2D eigenvalue weighted by atomic mass is 35.5. The molecule has 1 N–H and O–H groups in total. The quantitative estimate of drug-likeness (QED) is 0.567. The average molecular weight is 218 g/mol. The van der Waals surface area contributed by atoms with Gasteiger partial charge in [-0.1, -0.05) is 0 Å². The van der Waals surface area contributed by atoms with Crippen molar-refractivity contribution in [1.82, 2.24) is 5.32 Å². The molecule has 1 amide bonds. The van der Waals surface area contributed by atoms with Crippen molar-refractivity contribution in [3.05, 3.63) is 0 Å². The Kier molecular flexibility index (Phi) is 5.13. The first-order chi connectivity index (χ1) is 5.83. The van der Waals surface area contributed by atoms with Crippen LogP contribution in [0, 0.1) is 0 Å². The molecule has 0 aromatic heterocycles. The zero-order valence-corrected chi connectivity index (χ0v) is 7.87. The third kappa shape index (κ3) is 7.90. The van der Waals surface area contributed by atoms with E-state index in [1.54, 1.807) is 0 Å². The molecule has 13 heavy (non-hydrogen) atoms. The van der Waals surface area contributed by atoms with Crippen molar-refractivity contribution < 1.29 is 18.0 Å². The first-order valence-electron chi connectivity index (χ1n) is 3.81. The van der Waals surface area contributed by atoms with Gasteiger partial charge in [0.15, 0.2) is 0 Å². The molecule has 6 heteroatoms. The molecule has 0 aromatic carbocycles. The van der Waals surface area contributed by atoms with E-state index in [1.807, 2.05) is 0 Å². The monoisotopic (exact) mass is 217 g/mol. The second-order valence-electron chi connectivity index (χ2n) is 2.63. The predicted octanol–water partition coefficient (Wildman–Crippen LogP) is 2.07. The second kappa shape index (κ2) is 5.32. The van der Waals surface area contributed by atoms with Gasteiger partial charge in [0.25, 0.3) is 0 Å². The lowest BCUT2D eigenvalue weighted by molar-refractivity contribution is -0.136. The summed E-state index contributed by atoms with van der Waals surface area (Å²) in [6, 6.07) is 0. The molecule has 0 rings (SSSR count). The van der Waals surface area contributed by atoms with Crippen molar-refractivity contribution in [2.45, 2.75) is 31.3 Å². The summed E-state index contributed by atoms with van der Waals surface area (Å²) < 4.78 is 34.8. The standard InChI is InChI=1S/C7H11ClF3NO/c1-5(8)6(13)12-4-2-3-7(9,10)11/h5H,2-4H2,1H3,(H,12,13). The molecule has 0 spiro atoms. The first-order valence-corrected chi connectivity index (χ1v) is 4.25. The van der Waals surface area contributed by atoms with Crippen LogP contribution in [0.5, 0.6) is 0 Å². The largest absolute Gasteiger partial charge is 0.389 e. The van der Waals surface area contributed by atoms with Crippen LogP contribution in [0.3, 0.4) is 0 Å². The molecule has 0 fully saturated rings. The van der Waals surface area contributed by atoms with E-state index in [4.69, 9.17) is 11.6 Å². The molecule has 1 unspecified atom stereocenters. The van der Waals surface area contributed by atoms with Gasteiger partial charge in [0, 0.05) is 13.0 Å². The smallest absolute Gasteiger partial charge is 0.355 e. The molecule has 78 valence electrons. The maximum absolute atomic E-state index is 11.6. The van der Waals surface area contributed by atoms with Crippen LogP contribution in [-0.4, -0.2) is 24.0 Å². The highest BCUT2D eigenvalue weighted by Gasteiger charge is 2.26. The average Bonchev–Trinajstić information content (AvgIpc) is 1.95. The van der Waals surface area contributed by atoms with Crippen molar-refractivity contribution in [2.24, 2.45) is 0 Å². The Bertz CT molecular complexity index is 170. The molecule has 0 aliphatic carbocycles. The summed E-state index contributed by atoms with van der Waals surface area (Å²) in [6.07, 6.45) is -5.15. The number of alkyl halides is 4. The van der Waals surface area contributed by atoms with Gasteiger partial charge in [0.2, 0.25) is 5.91 Å². The third-order valence-electron chi connectivity index (χ3n) is 1.30. The molecule has 0 saturated heterocycles. The lowest BCUT2D eigenvalue weighted by atomic mass is 10.3. The van der Waals surface area contributed by atoms with E-state index in [9.17, 15) is 18.0 Å². The molecule has 0 aromatic rings. The summed E-state index contributed by atoms with van der Waals surface area (Å²) in [5.74, 6) is -0.441. The van der Waals surface area contributed by atoms with Crippen LogP contribution in [0.1, 0.15) is 19.8 Å². The van der Waals surface area contributed by atoms with Gasteiger partial charge in [-0.2, -0.15) is 13.2 Å². The summed E-state index contributed by atoms with van der Waals surface area (Å²) in [4.78, 5) is 10.7. The minimum atomic E-state index is -4.16. The molecule has 2 nitrogen and oxygen atoms in total. The molecular weight excluding hydrogens is 207 g/mol. The number of carbonyl (C=O) groups is 1. The first kappa shape index (κ1) is 12.6. The van der Waals surface area contributed by atoms with Crippen LogP contribution in [0.4, 0.5) is 13.2 Å². The highest BCUT2D eigenvalue weighted by Crippen LogP contribution is 2.20. The molecule has 0 aliphatic rings. The summed E-state index contributed by atoms with van der Waals surface area (Å²) in [6.45, 7) is 1.47. The number of halogens is 4. The molecule has 0 heterocycles. The Balaban J connectivity index is 3.42. The maximum atomic E-state index is 11.6. The number of carbonyl (C=O) groups excluding carboxylic acids is 1. The van der Waals surface area contributed by atoms with Crippen molar-refractivity contribution in [1.29, 1.82) is 0 Å². The summed E-state index contributed by atoms with van der Waals surface area (Å²) in [7, 11) is 0. The second-order valence-corrected chi connectivity index (χ2v) is 3.28. The SMILES string of the molecule is CC(Cl)C(=O)NCCCC(F)(F)F. The molecule has 0 radical (unpaired) electrons. The van der Waals surface area contributed by atoms with E-state index in [0.29, 0.717) is 0 Å². The Morgan fingerprint density at radius 2 is 2.08 bits per heavy atom. The van der Waals surface area contributed by atoms with Gasteiger partial charge < -0.3 is 5.32 Å². The van der Waals surface area contributed by atoms with E-state index in [0.717, 1.165) is 0 Å². The Labute approximate surface area is 79.4 Å². The zero-order valence-electron chi connectivity index (χ0n) is 7.12. The van der Waals surface area contributed by atoms with Crippen LogP contribution in [0.25, 0.3) is 0 Å². The molecule has 0 bridgehead atoms. The number of hydrogen-bond acceptors (Lipinski definition) is 1. The van der Waals surface area contributed by atoms with Crippen LogP contribution in [0.15, 0.2) is 0 Å². The van der Waals surface area contributed by atoms with Gasteiger partial charge in [-0.3, -0.25) is 4.79 Å². The fourth-order valence-electron chi connectivity index (χ4n) is 0.641. The Morgan fingerprint density at radius 1 is 1.54 bits per heavy atom. The summed E-state index contributed by atoms with van der Waals surface area (Å²) >= 11 is 5.36. The number of nitrogens with one attached hydrogen (secondary N) is 1. The lowest BCUT2D eigenvalue weighted by Crippen LogP contribution is -2.30. The van der Waals surface area contributed by atoms with Gasteiger partial charge in [-0.05, 0) is 13.3 Å². The maximum Gasteiger partial charge on any atom is 0.389 e. The van der Waals surface area contributed by atoms with Gasteiger partial charge in [0.05, 0.1) is 0 Å². The summed E-state index contributed by atoms with van der Waals surface area (Å²) in [5, 5.41) is 1.58. The van der Waals surface area contributed by atoms with Crippen molar-refractivity contribution in [3.8, 4) is 0 Å². The zero-order chi connectivity index (χ0) is 10.5. The van der Waals surface area contributed by atoms with E-state index in [1.165, 1.54) is 6.92 Å². The topological polar surface area (TPSA) is 29.1 Å². The van der Waals surface area contributed by atoms with Crippen LogP contribution < -0.4 is 5.32 Å². The minimum Gasteiger partial charge on any atom is -0.355 e. The highest BCUT2D eigenvalue weighted by molar-refractivity contribution is 6.30.